The van der Waals surface area contributed by atoms with Crippen LogP contribution in [0.5, 0.6) is 0 Å². The van der Waals surface area contributed by atoms with Gasteiger partial charge in [0.2, 0.25) is 5.95 Å². The molecule has 6 heteroatoms. The Morgan fingerprint density at radius 3 is 2.95 bits per heavy atom. The SMILES string of the molecule is CCc1nn(C)c2c1nc(N)n2C(C)C1CCCO1. The Hall–Kier alpha value is -1.56. The third kappa shape index (κ3) is 1.82. The van der Waals surface area contributed by atoms with Crippen LogP contribution in [-0.4, -0.2) is 32.0 Å². The van der Waals surface area contributed by atoms with Crippen molar-refractivity contribution >= 4 is 17.1 Å². The molecular formula is C13H21N5O. The molecule has 0 bridgehead atoms. The van der Waals surface area contributed by atoms with E-state index in [2.05, 4.69) is 28.5 Å². The minimum Gasteiger partial charge on any atom is -0.376 e. The molecule has 19 heavy (non-hydrogen) atoms. The van der Waals surface area contributed by atoms with Gasteiger partial charge in [-0.1, -0.05) is 6.92 Å². The first-order chi connectivity index (χ1) is 9.13. The molecule has 3 heterocycles. The summed E-state index contributed by atoms with van der Waals surface area (Å²) >= 11 is 0. The number of aryl methyl sites for hydroxylation is 2. The van der Waals surface area contributed by atoms with Crippen molar-refractivity contribution in [1.82, 2.24) is 19.3 Å². The molecule has 1 aliphatic heterocycles. The molecule has 2 aromatic heterocycles. The van der Waals surface area contributed by atoms with Crippen LogP contribution >= 0.6 is 0 Å². The zero-order valence-electron chi connectivity index (χ0n) is 11.8. The van der Waals surface area contributed by atoms with Gasteiger partial charge in [-0.3, -0.25) is 9.25 Å². The molecule has 104 valence electrons. The summed E-state index contributed by atoms with van der Waals surface area (Å²) in [7, 11) is 1.95. The van der Waals surface area contributed by atoms with E-state index in [0.717, 1.165) is 42.7 Å². The highest BCUT2D eigenvalue weighted by atomic mass is 16.5. The summed E-state index contributed by atoms with van der Waals surface area (Å²) in [4.78, 5) is 4.50. The molecule has 0 aliphatic carbocycles. The molecule has 0 aromatic carbocycles. The number of rotatable bonds is 3. The van der Waals surface area contributed by atoms with E-state index in [1.165, 1.54) is 0 Å². The lowest BCUT2D eigenvalue weighted by Gasteiger charge is -2.21. The minimum absolute atomic E-state index is 0.188. The molecule has 0 radical (unpaired) electrons. The fraction of sp³-hybridized carbons (Fsp3) is 0.692. The zero-order chi connectivity index (χ0) is 13.6. The average molecular weight is 263 g/mol. The van der Waals surface area contributed by atoms with Gasteiger partial charge in [-0.2, -0.15) is 5.10 Å². The number of hydrogen-bond acceptors (Lipinski definition) is 4. The van der Waals surface area contributed by atoms with Gasteiger partial charge in [0.25, 0.3) is 0 Å². The molecule has 1 aliphatic rings. The molecule has 0 saturated carbocycles. The second kappa shape index (κ2) is 4.52. The number of nitrogen functional groups attached to an aromatic ring is 1. The normalized spacial score (nSPS) is 21.3. The number of nitrogens with zero attached hydrogens (tertiary/aromatic N) is 4. The number of imidazole rings is 1. The maximum atomic E-state index is 6.11. The number of fused-ring (bicyclic) bond motifs is 1. The molecule has 6 nitrogen and oxygen atoms in total. The quantitative estimate of drug-likeness (QED) is 0.914. The van der Waals surface area contributed by atoms with Crippen LogP contribution in [0.4, 0.5) is 5.95 Å². The van der Waals surface area contributed by atoms with Gasteiger partial charge in [0.15, 0.2) is 5.65 Å². The standard InChI is InChI=1S/C13H21N5O/c1-4-9-11-12(17(3)16-9)18(13(14)15-11)8(2)10-6-5-7-19-10/h8,10H,4-7H2,1-3H3,(H2,14,15). The summed E-state index contributed by atoms with van der Waals surface area (Å²) in [6, 6.07) is 0.188. The summed E-state index contributed by atoms with van der Waals surface area (Å²) in [6.45, 7) is 5.07. The Morgan fingerprint density at radius 1 is 1.53 bits per heavy atom. The van der Waals surface area contributed by atoms with Gasteiger partial charge >= 0.3 is 0 Å². The van der Waals surface area contributed by atoms with Crippen molar-refractivity contribution in [2.75, 3.05) is 12.3 Å². The summed E-state index contributed by atoms with van der Waals surface area (Å²) in [5.74, 6) is 0.556. The predicted octanol–water partition coefficient (Wildman–Crippen LogP) is 1.65. The second-order valence-electron chi connectivity index (χ2n) is 5.23. The maximum Gasteiger partial charge on any atom is 0.202 e. The van der Waals surface area contributed by atoms with Crippen LogP contribution in [0, 0.1) is 0 Å². The number of hydrogen-bond donors (Lipinski definition) is 1. The molecule has 2 N–H and O–H groups in total. The van der Waals surface area contributed by atoms with Crippen LogP contribution in [-0.2, 0) is 18.2 Å². The first-order valence-electron chi connectivity index (χ1n) is 6.94. The second-order valence-corrected chi connectivity index (χ2v) is 5.23. The molecule has 0 spiro atoms. The van der Waals surface area contributed by atoms with Gasteiger partial charge in [0.1, 0.15) is 5.52 Å². The van der Waals surface area contributed by atoms with Crippen molar-refractivity contribution in [3.05, 3.63) is 5.69 Å². The van der Waals surface area contributed by atoms with Crippen LogP contribution in [0.1, 0.15) is 38.4 Å². The third-order valence-corrected chi connectivity index (χ3v) is 4.01. The molecular weight excluding hydrogens is 242 g/mol. The number of anilines is 1. The molecule has 0 amide bonds. The van der Waals surface area contributed by atoms with E-state index in [9.17, 15) is 0 Å². The summed E-state index contributed by atoms with van der Waals surface area (Å²) in [5.41, 5.74) is 9.04. The molecule has 1 saturated heterocycles. The van der Waals surface area contributed by atoms with Crippen LogP contribution in [0.25, 0.3) is 11.2 Å². The van der Waals surface area contributed by atoms with Gasteiger partial charge in [0, 0.05) is 13.7 Å². The fourth-order valence-electron chi connectivity index (χ4n) is 3.01. The topological polar surface area (TPSA) is 70.9 Å². The van der Waals surface area contributed by atoms with Crippen LogP contribution in [0.3, 0.4) is 0 Å². The Balaban J connectivity index is 2.11. The van der Waals surface area contributed by atoms with Crippen molar-refractivity contribution in [2.45, 2.75) is 45.3 Å². The Morgan fingerprint density at radius 2 is 2.32 bits per heavy atom. The maximum absolute atomic E-state index is 6.11. The van der Waals surface area contributed by atoms with Crippen molar-refractivity contribution in [3.63, 3.8) is 0 Å². The highest BCUT2D eigenvalue weighted by Crippen LogP contribution is 2.31. The zero-order valence-corrected chi connectivity index (χ0v) is 11.8. The first-order valence-corrected chi connectivity index (χ1v) is 6.94. The largest absolute Gasteiger partial charge is 0.376 e. The summed E-state index contributed by atoms with van der Waals surface area (Å²) in [6.07, 6.45) is 3.29. The van der Waals surface area contributed by atoms with E-state index in [1.807, 2.05) is 11.7 Å². The van der Waals surface area contributed by atoms with Crippen LogP contribution in [0.15, 0.2) is 0 Å². The summed E-state index contributed by atoms with van der Waals surface area (Å²) < 4.78 is 9.73. The van der Waals surface area contributed by atoms with E-state index < -0.39 is 0 Å². The van der Waals surface area contributed by atoms with Gasteiger partial charge in [-0.15, -0.1) is 0 Å². The summed E-state index contributed by atoms with van der Waals surface area (Å²) in [5, 5.41) is 4.52. The van der Waals surface area contributed by atoms with E-state index in [-0.39, 0.29) is 12.1 Å². The highest BCUT2D eigenvalue weighted by Gasteiger charge is 2.28. The number of aromatic nitrogens is 4. The number of nitrogens with two attached hydrogens (primary N) is 1. The predicted molar refractivity (Wildman–Crippen MR) is 74.0 cm³/mol. The lowest BCUT2D eigenvalue weighted by molar-refractivity contribution is 0.0748. The van der Waals surface area contributed by atoms with Crippen molar-refractivity contribution in [2.24, 2.45) is 7.05 Å². The third-order valence-electron chi connectivity index (χ3n) is 4.01. The lowest BCUT2D eigenvalue weighted by Crippen LogP contribution is -2.23. The van der Waals surface area contributed by atoms with E-state index in [1.54, 1.807) is 0 Å². The molecule has 2 unspecified atom stereocenters. The van der Waals surface area contributed by atoms with E-state index in [0.29, 0.717) is 5.95 Å². The van der Waals surface area contributed by atoms with E-state index in [4.69, 9.17) is 10.5 Å². The van der Waals surface area contributed by atoms with Gasteiger partial charge in [0.05, 0.1) is 17.8 Å². The van der Waals surface area contributed by atoms with Crippen molar-refractivity contribution < 1.29 is 4.74 Å². The minimum atomic E-state index is 0.188. The highest BCUT2D eigenvalue weighted by molar-refractivity contribution is 5.78. The smallest absolute Gasteiger partial charge is 0.202 e. The van der Waals surface area contributed by atoms with Gasteiger partial charge < -0.3 is 10.5 Å². The van der Waals surface area contributed by atoms with E-state index >= 15 is 0 Å². The Kier molecular flexibility index (Phi) is 2.97. The average Bonchev–Trinajstić information content (AvgIpc) is 3.06. The fourth-order valence-corrected chi connectivity index (χ4v) is 3.01. The molecule has 2 aromatic rings. The monoisotopic (exact) mass is 263 g/mol. The van der Waals surface area contributed by atoms with Gasteiger partial charge in [-0.05, 0) is 26.2 Å². The van der Waals surface area contributed by atoms with Crippen LogP contribution in [0.2, 0.25) is 0 Å². The molecule has 1 fully saturated rings. The lowest BCUT2D eigenvalue weighted by atomic mass is 10.1. The molecule has 2 atom stereocenters. The van der Waals surface area contributed by atoms with Crippen molar-refractivity contribution in [3.8, 4) is 0 Å². The number of ether oxygens (including phenoxy) is 1. The Labute approximate surface area is 112 Å². The van der Waals surface area contributed by atoms with Crippen molar-refractivity contribution in [1.29, 1.82) is 0 Å². The van der Waals surface area contributed by atoms with Crippen LogP contribution < -0.4 is 5.73 Å². The molecule has 3 rings (SSSR count). The Bertz CT molecular complexity index is 594. The van der Waals surface area contributed by atoms with Gasteiger partial charge in [-0.25, -0.2) is 4.98 Å². The first kappa shape index (κ1) is 12.5.